The topological polar surface area (TPSA) is 25.8 Å². The molecule has 0 bridgehead atoms. The van der Waals surface area contributed by atoms with Crippen molar-refractivity contribution in [2.45, 2.75) is 46.2 Å². The van der Waals surface area contributed by atoms with Gasteiger partial charge in [-0.2, -0.15) is 0 Å². The van der Waals surface area contributed by atoms with Gasteiger partial charge < -0.3 is 0 Å². The minimum Gasteiger partial charge on any atom is -0.245 e. The van der Waals surface area contributed by atoms with Gasteiger partial charge in [0.2, 0.25) is 0 Å². The van der Waals surface area contributed by atoms with Crippen molar-refractivity contribution < 1.29 is 0 Å². The Balaban J connectivity index is 1.38. The van der Waals surface area contributed by atoms with E-state index in [4.69, 9.17) is 0 Å². The van der Waals surface area contributed by atoms with Gasteiger partial charge in [0, 0.05) is 22.9 Å². The van der Waals surface area contributed by atoms with Crippen LogP contribution in [0.5, 0.6) is 0 Å². The van der Waals surface area contributed by atoms with E-state index >= 15 is 0 Å². The van der Waals surface area contributed by atoms with Gasteiger partial charge in [-0.3, -0.25) is 0 Å². The quantitative estimate of drug-likeness (QED) is 0.508. The van der Waals surface area contributed by atoms with E-state index in [1.54, 1.807) is 44.4 Å². The molecule has 2 atom stereocenters. The van der Waals surface area contributed by atoms with Gasteiger partial charge in [-0.15, -0.1) is 23.5 Å². The molecule has 0 spiro atoms. The van der Waals surface area contributed by atoms with Crippen molar-refractivity contribution >= 4 is 70.6 Å². The van der Waals surface area contributed by atoms with Crippen molar-refractivity contribution in [3.63, 3.8) is 0 Å². The van der Waals surface area contributed by atoms with Crippen molar-refractivity contribution in [1.29, 1.82) is 0 Å². The maximum absolute atomic E-state index is 4.43. The van der Waals surface area contributed by atoms with Crippen molar-refractivity contribution in [2.75, 3.05) is 0 Å². The molecule has 3 aliphatic heterocycles. The largest absolute Gasteiger partial charge is 0.245 e. The summed E-state index contributed by atoms with van der Waals surface area (Å²) in [6, 6.07) is 0. The molecule has 4 heterocycles. The van der Waals surface area contributed by atoms with Crippen LogP contribution in [0.3, 0.4) is 0 Å². The van der Waals surface area contributed by atoms with Crippen molar-refractivity contribution in [2.24, 2.45) is 0 Å². The Morgan fingerprint density at radius 3 is 1.73 bits per heavy atom. The third-order valence-corrected chi connectivity index (χ3v) is 13.2. The molecule has 22 heavy (non-hydrogen) atoms. The van der Waals surface area contributed by atoms with Gasteiger partial charge in [0.1, 0.15) is 10.1 Å². The Kier molecular flexibility index (Phi) is 4.21. The van der Waals surface area contributed by atoms with Crippen LogP contribution in [-0.2, 0) is 0 Å². The van der Waals surface area contributed by atoms with Crippen molar-refractivity contribution in [3.8, 4) is 0 Å². The Labute approximate surface area is 155 Å². The highest BCUT2D eigenvalue weighted by atomic mass is 32.3. The van der Waals surface area contributed by atoms with Gasteiger partial charge in [0.05, 0.1) is 16.9 Å². The molecule has 1 aromatic rings. The van der Waals surface area contributed by atoms with Crippen LogP contribution < -0.4 is 0 Å². The standard InChI is InChI=1S/C14H12N2S6/c1-2-4-8-7(3-1)17-11-12(18-8)22-14(21-11)13-19-9-10(20-13)16-6-5-15-9/h5-8H,1-4H2/t7-,8+. The summed E-state index contributed by atoms with van der Waals surface area (Å²) in [5.74, 6) is 0. The Morgan fingerprint density at radius 1 is 0.682 bits per heavy atom. The van der Waals surface area contributed by atoms with Gasteiger partial charge in [0.15, 0.2) is 0 Å². The molecular weight excluding hydrogens is 389 g/mol. The Bertz CT molecular complexity index is 645. The first-order valence-corrected chi connectivity index (χ1v) is 12.2. The lowest BCUT2D eigenvalue weighted by molar-refractivity contribution is 0.528. The average molecular weight is 401 g/mol. The van der Waals surface area contributed by atoms with E-state index in [9.17, 15) is 0 Å². The molecule has 1 aliphatic carbocycles. The van der Waals surface area contributed by atoms with Gasteiger partial charge in [-0.25, -0.2) is 9.97 Å². The molecule has 0 saturated heterocycles. The number of fused-ring (bicyclic) bond motifs is 2. The molecule has 4 aliphatic rings. The zero-order chi connectivity index (χ0) is 14.5. The van der Waals surface area contributed by atoms with Gasteiger partial charge in [-0.1, -0.05) is 59.9 Å². The maximum Gasteiger partial charge on any atom is 0.134 e. The molecule has 114 valence electrons. The molecule has 0 unspecified atom stereocenters. The Morgan fingerprint density at radius 2 is 1.18 bits per heavy atom. The van der Waals surface area contributed by atoms with Crippen LogP contribution in [-0.4, -0.2) is 20.5 Å². The second-order valence-electron chi connectivity index (χ2n) is 5.32. The predicted molar refractivity (Wildman–Crippen MR) is 104 cm³/mol. The summed E-state index contributed by atoms with van der Waals surface area (Å²) in [5.41, 5.74) is 0. The molecule has 5 rings (SSSR count). The first kappa shape index (κ1) is 15.0. The summed E-state index contributed by atoms with van der Waals surface area (Å²) < 4.78 is 5.92. The minimum absolute atomic E-state index is 0.847. The highest BCUT2D eigenvalue weighted by Gasteiger charge is 2.39. The first-order chi connectivity index (χ1) is 10.9. The average Bonchev–Trinajstić information content (AvgIpc) is 3.15. The van der Waals surface area contributed by atoms with E-state index in [0.717, 1.165) is 20.6 Å². The zero-order valence-corrected chi connectivity index (χ0v) is 16.4. The molecule has 0 radical (unpaired) electrons. The van der Waals surface area contributed by atoms with E-state index in [1.807, 2.05) is 23.5 Å². The number of hydrogen-bond donors (Lipinski definition) is 0. The van der Waals surface area contributed by atoms with E-state index in [2.05, 4.69) is 33.5 Å². The van der Waals surface area contributed by atoms with E-state index in [0.29, 0.717) is 0 Å². The molecular formula is C14H12N2S6. The first-order valence-electron chi connectivity index (χ1n) is 7.21. The number of hydrogen-bond acceptors (Lipinski definition) is 8. The molecule has 1 fully saturated rings. The number of aromatic nitrogens is 2. The summed E-state index contributed by atoms with van der Waals surface area (Å²) in [6.07, 6.45) is 9.21. The second kappa shape index (κ2) is 6.19. The highest BCUT2D eigenvalue weighted by Crippen LogP contribution is 2.67. The van der Waals surface area contributed by atoms with Crippen LogP contribution in [0.15, 0.2) is 39.4 Å². The number of thioether (sulfide) groups is 6. The molecule has 0 aromatic carbocycles. The van der Waals surface area contributed by atoms with Crippen LogP contribution >= 0.6 is 70.6 Å². The molecule has 0 amide bonds. The fraction of sp³-hybridized carbons (Fsp3) is 0.429. The maximum atomic E-state index is 4.43. The SMILES string of the molecule is c1cnc2c(n1)SC(=C1SC3=C(S1)S[C@@H]1CCCC[C@@H]1S3)S2. The zero-order valence-electron chi connectivity index (χ0n) is 11.5. The lowest BCUT2D eigenvalue weighted by Crippen LogP contribution is -2.26. The predicted octanol–water partition coefficient (Wildman–Crippen LogP) is 6.20. The van der Waals surface area contributed by atoms with E-state index in [1.165, 1.54) is 34.2 Å². The lowest BCUT2D eigenvalue weighted by atomic mass is 10.00. The normalized spacial score (nSPS) is 30.4. The lowest BCUT2D eigenvalue weighted by Gasteiger charge is -2.34. The summed E-state index contributed by atoms with van der Waals surface area (Å²) >= 11 is 11.8. The summed E-state index contributed by atoms with van der Waals surface area (Å²) in [4.78, 5) is 8.87. The van der Waals surface area contributed by atoms with Crippen molar-refractivity contribution in [1.82, 2.24) is 9.97 Å². The third-order valence-electron chi connectivity index (χ3n) is 3.87. The van der Waals surface area contributed by atoms with Crippen LogP contribution in [0.2, 0.25) is 0 Å². The molecule has 1 aromatic heterocycles. The van der Waals surface area contributed by atoms with E-state index < -0.39 is 0 Å². The van der Waals surface area contributed by atoms with Crippen molar-refractivity contribution in [3.05, 3.63) is 29.3 Å². The summed E-state index contributed by atoms with van der Waals surface area (Å²) in [6.45, 7) is 0. The van der Waals surface area contributed by atoms with Gasteiger partial charge >= 0.3 is 0 Å². The number of nitrogens with zero attached hydrogens (tertiary/aromatic N) is 2. The van der Waals surface area contributed by atoms with Crippen LogP contribution in [0.1, 0.15) is 25.7 Å². The molecule has 1 saturated carbocycles. The fourth-order valence-electron chi connectivity index (χ4n) is 2.84. The van der Waals surface area contributed by atoms with Crippen LogP contribution in [0.4, 0.5) is 0 Å². The molecule has 0 N–H and O–H groups in total. The highest BCUT2D eigenvalue weighted by molar-refractivity contribution is 8.42. The van der Waals surface area contributed by atoms with Crippen LogP contribution in [0.25, 0.3) is 0 Å². The Hall–Kier alpha value is 0.660. The number of rotatable bonds is 0. The summed E-state index contributed by atoms with van der Waals surface area (Å²) in [5, 5.41) is 3.82. The smallest absolute Gasteiger partial charge is 0.134 e. The molecule has 2 nitrogen and oxygen atoms in total. The minimum atomic E-state index is 0.847. The second-order valence-corrected chi connectivity index (χ2v) is 12.9. The van der Waals surface area contributed by atoms with Gasteiger partial charge in [0.25, 0.3) is 0 Å². The molecule has 8 heteroatoms. The monoisotopic (exact) mass is 400 g/mol. The van der Waals surface area contributed by atoms with Crippen LogP contribution in [0, 0.1) is 0 Å². The summed E-state index contributed by atoms with van der Waals surface area (Å²) in [7, 11) is 0. The fourth-order valence-corrected chi connectivity index (χ4v) is 12.3. The van der Waals surface area contributed by atoms with Gasteiger partial charge in [-0.05, 0) is 12.8 Å². The third kappa shape index (κ3) is 2.67. The van der Waals surface area contributed by atoms with E-state index in [-0.39, 0.29) is 0 Å².